The molecule has 1 aromatic heterocycles. The molecule has 0 atom stereocenters. The number of aromatic nitrogens is 2. The molecular weight excluding hydrogens is 358 g/mol. The van der Waals surface area contributed by atoms with Gasteiger partial charge in [0.05, 0.1) is 25.0 Å². The normalized spacial score (nSPS) is 10.4. The standard InChI is InChI=1S/C21H21N3O4/c1-4-28-21(26)14-8-10-16(11-9-14)22-20(25)18-13-19(24(2)23-18)15-6-5-7-17(12-15)27-3/h5-13H,4H2,1-3H3,(H,22,25). The van der Waals surface area contributed by atoms with Gasteiger partial charge in [0.2, 0.25) is 0 Å². The number of aryl methyl sites for hydroxylation is 1. The highest BCUT2D eigenvalue weighted by atomic mass is 16.5. The van der Waals surface area contributed by atoms with E-state index in [1.165, 1.54) is 0 Å². The number of benzene rings is 2. The predicted molar refractivity (Wildman–Crippen MR) is 106 cm³/mol. The van der Waals surface area contributed by atoms with Crippen molar-refractivity contribution in [2.45, 2.75) is 6.92 Å². The molecule has 0 aliphatic rings. The smallest absolute Gasteiger partial charge is 0.338 e. The number of amides is 1. The molecule has 1 amide bonds. The highest BCUT2D eigenvalue weighted by molar-refractivity contribution is 6.03. The van der Waals surface area contributed by atoms with Gasteiger partial charge in [-0.05, 0) is 49.4 Å². The van der Waals surface area contributed by atoms with Gasteiger partial charge in [-0.3, -0.25) is 9.48 Å². The second-order valence-corrected chi connectivity index (χ2v) is 6.02. The van der Waals surface area contributed by atoms with Crippen molar-refractivity contribution >= 4 is 17.6 Å². The van der Waals surface area contributed by atoms with E-state index in [-0.39, 0.29) is 11.6 Å². The number of methoxy groups -OCH3 is 1. The van der Waals surface area contributed by atoms with Crippen LogP contribution in [0.15, 0.2) is 54.6 Å². The first-order valence-electron chi connectivity index (χ1n) is 8.79. The molecule has 7 heteroatoms. The second kappa shape index (κ2) is 8.39. The number of hydrogen-bond donors (Lipinski definition) is 1. The summed E-state index contributed by atoms with van der Waals surface area (Å²) in [5.74, 6) is -0.00643. The number of nitrogens with zero attached hydrogens (tertiary/aromatic N) is 2. The molecule has 0 saturated carbocycles. The summed E-state index contributed by atoms with van der Waals surface area (Å²) in [5.41, 5.74) is 2.97. The quantitative estimate of drug-likeness (QED) is 0.663. The van der Waals surface area contributed by atoms with Crippen molar-refractivity contribution in [3.05, 3.63) is 65.9 Å². The maximum Gasteiger partial charge on any atom is 0.338 e. The van der Waals surface area contributed by atoms with E-state index in [0.29, 0.717) is 17.9 Å². The number of hydrogen-bond acceptors (Lipinski definition) is 5. The van der Waals surface area contributed by atoms with Gasteiger partial charge >= 0.3 is 5.97 Å². The van der Waals surface area contributed by atoms with E-state index < -0.39 is 5.97 Å². The number of rotatable bonds is 6. The van der Waals surface area contributed by atoms with E-state index in [9.17, 15) is 9.59 Å². The summed E-state index contributed by atoms with van der Waals surface area (Å²) in [7, 11) is 3.38. The van der Waals surface area contributed by atoms with E-state index in [1.807, 2.05) is 24.3 Å². The summed E-state index contributed by atoms with van der Waals surface area (Å²) in [6, 6.07) is 15.8. The zero-order valence-electron chi connectivity index (χ0n) is 15.9. The molecule has 28 heavy (non-hydrogen) atoms. The van der Waals surface area contributed by atoms with Gasteiger partial charge in [0.15, 0.2) is 5.69 Å². The third kappa shape index (κ3) is 4.20. The SMILES string of the molecule is CCOC(=O)c1ccc(NC(=O)c2cc(-c3cccc(OC)c3)n(C)n2)cc1. The van der Waals surface area contributed by atoms with Crippen LogP contribution in [0.25, 0.3) is 11.3 Å². The largest absolute Gasteiger partial charge is 0.497 e. The molecule has 0 spiro atoms. The number of anilines is 1. The summed E-state index contributed by atoms with van der Waals surface area (Å²) in [6.45, 7) is 2.06. The lowest BCUT2D eigenvalue weighted by atomic mass is 10.1. The Morgan fingerprint density at radius 1 is 1.11 bits per heavy atom. The molecule has 0 aliphatic heterocycles. The van der Waals surface area contributed by atoms with Gasteiger partial charge in [-0.15, -0.1) is 0 Å². The average molecular weight is 379 g/mol. The molecule has 1 heterocycles. The zero-order valence-corrected chi connectivity index (χ0v) is 15.9. The van der Waals surface area contributed by atoms with Gasteiger partial charge in [-0.25, -0.2) is 4.79 Å². The highest BCUT2D eigenvalue weighted by Crippen LogP contribution is 2.24. The monoisotopic (exact) mass is 379 g/mol. The number of carbonyl (C=O) groups excluding carboxylic acids is 2. The summed E-state index contributed by atoms with van der Waals surface area (Å²) in [5, 5.41) is 7.08. The molecule has 0 saturated heterocycles. The minimum Gasteiger partial charge on any atom is -0.497 e. The van der Waals surface area contributed by atoms with Gasteiger partial charge in [0.1, 0.15) is 5.75 Å². The Morgan fingerprint density at radius 2 is 1.86 bits per heavy atom. The topological polar surface area (TPSA) is 82.5 Å². The molecule has 0 radical (unpaired) electrons. The molecule has 0 unspecified atom stereocenters. The average Bonchev–Trinajstić information content (AvgIpc) is 3.10. The summed E-state index contributed by atoms with van der Waals surface area (Å²) in [4.78, 5) is 24.2. The van der Waals surface area contributed by atoms with Crippen LogP contribution in [0.4, 0.5) is 5.69 Å². The van der Waals surface area contributed by atoms with Crippen LogP contribution in [-0.4, -0.2) is 35.4 Å². The first kappa shape index (κ1) is 19.2. The van der Waals surface area contributed by atoms with Crippen molar-refractivity contribution in [1.29, 1.82) is 0 Å². The lowest BCUT2D eigenvalue weighted by molar-refractivity contribution is 0.0526. The van der Waals surface area contributed by atoms with Crippen LogP contribution in [0, 0.1) is 0 Å². The van der Waals surface area contributed by atoms with E-state index >= 15 is 0 Å². The Bertz CT molecular complexity index is 993. The zero-order chi connectivity index (χ0) is 20.1. The van der Waals surface area contributed by atoms with E-state index in [1.54, 1.807) is 56.1 Å². The van der Waals surface area contributed by atoms with Crippen LogP contribution < -0.4 is 10.1 Å². The van der Waals surface area contributed by atoms with Crippen molar-refractivity contribution < 1.29 is 19.1 Å². The molecule has 3 rings (SSSR count). The first-order chi connectivity index (χ1) is 13.5. The molecule has 3 aromatic rings. The fraction of sp³-hybridized carbons (Fsp3) is 0.190. The van der Waals surface area contributed by atoms with Crippen LogP contribution in [-0.2, 0) is 11.8 Å². The Kier molecular flexibility index (Phi) is 5.74. The van der Waals surface area contributed by atoms with Crippen LogP contribution in [0.3, 0.4) is 0 Å². The van der Waals surface area contributed by atoms with Gasteiger partial charge in [0.25, 0.3) is 5.91 Å². The highest BCUT2D eigenvalue weighted by Gasteiger charge is 2.15. The minimum atomic E-state index is -0.395. The van der Waals surface area contributed by atoms with Crippen molar-refractivity contribution in [2.24, 2.45) is 7.05 Å². The summed E-state index contributed by atoms with van der Waals surface area (Å²) >= 11 is 0. The predicted octanol–water partition coefficient (Wildman–Crippen LogP) is 3.52. The maximum absolute atomic E-state index is 12.6. The number of ether oxygens (including phenoxy) is 2. The molecule has 7 nitrogen and oxygen atoms in total. The molecular formula is C21H21N3O4. The third-order valence-corrected chi connectivity index (χ3v) is 4.13. The van der Waals surface area contributed by atoms with Gasteiger partial charge < -0.3 is 14.8 Å². The first-order valence-corrected chi connectivity index (χ1v) is 8.79. The van der Waals surface area contributed by atoms with Crippen molar-refractivity contribution in [3.63, 3.8) is 0 Å². The Balaban J connectivity index is 1.75. The van der Waals surface area contributed by atoms with Crippen molar-refractivity contribution in [2.75, 3.05) is 19.0 Å². The van der Waals surface area contributed by atoms with Crippen molar-refractivity contribution in [1.82, 2.24) is 9.78 Å². The number of nitrogens with one attached hydrogen (secondary N) is 1. The molecule has 0 bridgehead atoms. The fourth-order valence-corrected chi connectivity index (χ4v) is 2.73. The molecule has 0 fully saturated rings. The van der Waals surface area contributed by atoms with Crippen LogP contribution in [0.2, 0.25) is 0 Å². The summed E-state index contributed by atoms with van der Waals surface area (Å²) < 4.78 is 11.8. The van der Waals surface area contributed by atoms with Crippen LogP contribution in [0.1, 0.15) is 27.8 Å². The molecule has 144 valence electrons. The van der Waals surface area contributed by atoms with Gasteiger partial charge in [-0.2, -0.15) is 5.10 Å². The van der Waals surface area contributed by atoms with Crippen molar-refractivity contribution in [3.8, 4) is 17.0 Å². The lowest BCUT2D eigenvalue weighted by Crippen LogP contribution is -2.13. The Labute approximate surface area is 162 Å². The number of carbonyl (C=O) groups is 2. The van der Waals surface area contributed by atoms with E-state index in [0.717, 1.165) is 17.0 Å². The lowest BCUT2D eigenvalue weighted by Gasteiger charge is -2.05. The number of esters is 1. The van der Waals surface area contributed by atoms with Crippen LogP contribution >= 0.6 is 0 Å². The van der Waals surface area contributed by atoms with Crippen LogP contribution in [0.5, 0.6) is 5.75 Å². The van der Waals surface area contributed by atoms with E-state index in [4.69, 9.17) is 9.47 Å². The maximum atomic E-state index is 12.6. The fourth-order valence-electron chi connectivity index (χ4n) is 2.73. The van der Waals surface area contributed by atoms with Gasteiger partial charge in [0, 0.05) is 18.3 Å². The molecule has 1 N–H and O–H groups in total. The minimum absolute atomic E-state index is 0.287. The second-order valence-electron chi connectivity index (χ2n) is 6.02. The van der Waals surface area contributed by atoms with E-state index in [2.05, 4.69) is 10.4 Å². The molecule has 0 aliphatic carbocycles. The molecule has 2 aromatic carbocycles. The Hall–Kier alpha value is -3.61. The van der Waals surface area contributed by atoms with Gasteiger partial charge in [-0.1, -0.05) is 12.1 Å². The third-order valence-electron chi connectivity index (χ3n) is 4.13. The summed E-state index contributed by atoms with van der Waals surface area (Å²) in [6.07, 6.45) is 0. The Morgan fingerprint density at radius 3 is 2.54 bits per heavy atom.